The van der Waals surface area contributed by atoms with Crippen LogP contribution in [0.15, 0.2) is 0 Å². The molecule has 3 aliphatic rings. The molecule has 3 aliphatic heterocycles. The fourth-order valence-corrected chi connectivity index (χ4v) is 6.69. The number of nitrogens with two attached hydrogens (primary N) is 1. The second kappa shape index (κ2) is 19.6. The Balaban J connectivity index is 2.06. The second-order valence-corrected chi connectivity index (χ2v) is 13.6. The highest BCUT2D eigenvalue weighted by atomic mass is 16.8. The Labute approximate surface area is 318 Å². The fourth-order valence-electron chi connectivity index (χ4n) is 6.69. The number of hydrogen-bond donors (Lipinski definition) is 13. The van der Waals surface area contributed by atoms with E-state index in [2.05, 4.69) is 5.32 Å². The summed E-state index contributed by atoms with van der Waals surface area (Å²) in [5.41, 5.74) is 5.64. The predicted molar refractivity (Wildman–Crippen MR) is 175 cm³/mol. The number of carboxylic acids is 2. The van der Waals surface area contributed by atoms with Crippen molar-refractivity contribution in [1.82, 2.24) is 10.2 Å². The highest BCUT2D eigenvalue weighted by Gasteiger charge is 2.61. The molecule has 0 aromatic carbocycles. The summed E-state index contributed by atoms with van der Waals surface area (Å²) >= 11 is 0. The van der Waals surface area contributed by atoms with Crippen molar-refractivity contribution in [2.45, 2.75) is 144 Å². The van der Waals surface area contributed by atoms with E-state index in [0.717, 1.165) is 20.8 Å². The van der Waals surface area contributed by atoms with Crippen LogP contribution in [-0.2, 0) is 52.4 Å². The SMILES string of the molecule is CC(=O)N[C@H]1C(O[C@H](C)[C@H](N)C(=O)O)O[C@H](CO)[C@H](O)[C@@H]1OC1O[C@H](CO)[C@H](O)[C@H](O[C@]2(C(=O)O)C[C@H](O)[C@@H](N(C(C)=O)C(C)=O)[C@H]([C@H](O)[C@H](O)CO)O2)[C@H]1O. The Hall–Kier alpha value is -3.09. The lowest BCUT2D eigenvalue weighted by molar-refractivity contribution is -0.383. The third kappa shape index (κ3) is 10.1. The van der Waals surface area contributed by atoms with Gasteiger partial charge in [-0.15, -0.1) is 0 Å². The van der Waals surface area contributed by atoms with Gasteiger partial charge in [0.1, 0.15) is 73.1 Å². The Kier molecular flexibility index (Phi) is 16.5. The van der Waals surface area contributed by atoms with E-state index >= 15 is 0 Å². The van der Waals surface area contributed by atoms with Gasteiger partial charge in [-0.05, 0) is 6.92 Å². The first-order chi connectivity index (χ1) is 26.1. The van der Waals surface area contributed by atoms with E-state index in [-0.39, 0.29) is 0 Å². The van der Waals surface area contributed by atoms with Crippen molar-refractivity contribution in [2.24, 2.45) is 5.73 Å². The smallest absolute Gasteiger partial charge is 0.364 e. The number of hydrogen-bond acceptors (Lipinski definition) is 21. The van der Waals surface area contributed by atoms with Gasteiger partial charge < -0.3 is 95.6 Å². The van der Waals surface area contributed by atoms with Gasteiger partial charge in [0.15, 0.2) is 12.6 Å². The number of aliphatic hydroxyl groups is 9. The van der Waals surface area contributed by atoms with Crippen LogP contribution >= 0.6 is 0 Å². The third-order valence-corrected chi connectivity index (χ3v) is 9.56. The zero-order chi connectivity index (χ0) is 42.6. The molecule has 3 fully saturated rings. The van der Waals surface area contributed by atoms with Crippen LogP contribution in [0.4, 0.5) is 0 Å². The first-order valence-electron chi connectivity index (χ1n) is 17.2. The summed E-state index contributed by atoms with van der Waals surface area (Å²) in [6, 6.07) is -5.14. The lowest BCUT2D eigenvalue weighted by atomic mass is 9.87. The molecule has 0 spiro atoms. The largest absolute Gasteiger partial charge is 0.480 e. The lowest BCUT2D eigenvalue weighted by Gasteiger charge is -2.52. The molecule has 14 N–H and O–H groups in total. The number of carbonyl (C=O) groups excluding carboxylic acids is 3. The summed E-state index contributed by atoms with van der Waals surface area (Å²) in [7, 11) is 0. The maximum absolute atomic E-state index is 12.9. The van der Waals surface area contributed by atoms with Crippen LogP contribution in [0.3, 0.4) is 0 Å². The molecule has 3 rings (SSSR count). The molecule has 0 bridgehead atoms. The van der Waals surface area contributed by atoms with Gasteiger partial charge in [0, 0.05) is 27.2 Å². The number of rotatable bonds is 16. The number of imide groups is 1. The summed E-state index contributed by atoms with van der Waals surface area (Å²) in [4.78, 5) is 62.0. The molecule has 0 saturated carbocycles. The van der Waals surface area contributed by atoms with E-state index in [1.54, 1.807) is 0 Å². The Morgan fingerprint density at radius 3 is 1.88 bits per heavy atom. The maximum Gasteiger partial charge on any atom is 0.364 e. The summed E-state index contributed by atoms with van der Waals surface area (Å²) in [6.45, 7) is 0.907. The van der Waals surface area contributed by atoms with Crippen LogP contribution in [0.5, 0.6) is 0 Å². The minimum atomic E-state index is -3.22. The second-order valence-electron chi connectivity index (χ2n) is 13.6. The zero-order valence-electron chi connectivity index (χ0n) is 30.6. The molecule has 0 aromatic rings. The van der Waals surface area contributed by atoms with Gasteiger partial charge in [0.2, 0.25) is 17.7 Å². The number of carbonyl (C=O) groups is 5. The van der Waals surface area contributed by atoms with Crippen LogP contribution in [0.2, 0.25) is 0 Å². The average Bonchev–Trinajstić information content (AvgIpc) is 3.12. The summed E-state index contributed by atoms with van der Waals surface area (Å²) in [5.74, 6) is -9.59. The van der Waals surface area contributed by atoms with E-state index in [0.29, 0.717) is 4.90 Å². The molecule has 322 valence electrons. The van der Waals surface area contributed by atoms with Crippen molar-refractivity contribution in [2.75, 3.05) is 19.8 Å². The van der Waals surface area contributed by atoms with Crippen LogP contribution < -0.4 is 11.1 Å². The molecule has 56 heavy (non-hydrogen) atoms. The number of nitrogens with one attached hydrogen (secondary N) is 1. The van der Waals surface area contributed by atoms with Crippen molar-refractivity contribution < 1.29 is 109 Å². The Bertz CT molecular complexity index is 1380. The molecule has 0 aliphatic carbocycles. The molecule has 2 unspecified atom stereocenters. The number of amides is 3. The summed E-state index contributed by atoms with van der Waals surface area (Å²) in [6.07, 6.45) is -29.0. The third-order valence-electron chi connectivity index (χ3n) is 9.56. The molecule has 0 radical (unpaired) electrons. The van der Waals surface area contributed by atoms with E-state index in [4.69, 9.17) is 34.2 Å². The van der Waals surface area contributed by atoms with E-state index < -0.39 is 166 Å². The highest BCUT2D eigenvalue weighted by molar-refractivity contribution is 5.93. The molecule has 0 aromatic heterocycles. The predicted octanol–water partition coefficient (Wildman–Crippen LogP) is -8.00. The first-order valence-corrected chi connectivity index (χ1v) is 17.2. The maximum atomic E-state index is 12.9. The number of aliphatic carboxylic acids is 2. The van der Waals surface area contributed by atoms with Gasteiger partial charge in [0.25, 0.3) is 5.79 Å². The Morgan fingerprint density at radius 1 is 0.875 bits per heavy atom. The molecular weight excluding hydrogens is 766 g/mol. The van der Waals surface area contributed by atoms with Crippen molar-refractivity contribution in [1.29, 1.82) is 0 Å². The van der Waals surface area contributed by atoms with Crippen molar-refractivity contribution in [3.8, 4) is 0 Å². The molecular formula is C31H51N3O22. The topological polar surface area (TPSA) is 405 Å². The van der Waals surface area contributed by atoms with Gasteiger partial charge in [-0.1, -0.05) is 0 Å². The quantitative estimate of drug-likeness (QED) is 0.0688. The van der Waals surface area contributed by atoms with Gasteiger partial charge in [-0.3, -0.25) is 24.1 Å². The minimum Gasteiger partial charge on any atom is -0.480 e. The number of nitrogens with zero attached hydrogens (tertiary/aromatic N) is 1. The minimum absolute atomic E-state index is 0.412. The van der Waals surface area contributed by atoms with Gasteiger partial charge >= 0.3 is 11.9 Å². The van der Waals surface area contributed by atoms with Crippen LogP contribution in [-0.4, -0.2) is 220 Å². The van der Waals surface area contributed by atoms with Crippen LogP contribution in [0.25, 0.3) is 0 Å². The van der Waals surface area contributed by atoms with E-state index in [1.807, 2.05) is 0 Å². The number of ether oxygens (including phenoxy) is 6. The number of aliphatic hydroxyl groups excluding tert-OH is 9. The monoisotopic (exact) mass is 817 g/mol. The van der Waals surface area contributed by atoms with Crippen molar-refractivity contribution in [3.05, 3.63) is 0 Å². The number of carboxylic acid groups (broad SMARTS) is 2. The van der Waals surface area contributed by atoms with E-state index in [1.165, 1.54) is 6.92 Å². The molecule has 25 nitrogen and oxygen atoms in total. The van der Waals surface area contributed by atoms with Crippen molar-refractivity contribution >= 4 is 29.7 Å². The van der Waals surface area contributed by atoms with Gasteiger partial charge in [-0.25, -0.2) is 4.79 Å². The molecule has 3 saturated heterocycles. The molecule has 25 heteroatoms. The molecule has 3 amide bonds. The normalized spacial score (nSPS) is 38.4. The van der Waals surface area contributed by atoms with Crippen LogP contribution in [0.1, 0.15) is 34.1 Å². The first kappa shape index (κ1) is 47.3. The average molecular weight is 818 g/mol. The Morgan fingerprint density at radius 2 is 1.41 bits per heavy atom. The van der Waals surface area contributed by atoms with Gasteiger partial charge in [0.05, 0.1) is 38.1 Å². The lowest BCUT2D eigenvalue weighted by Crippen LogP contribution is -2.72. The fraction of sp³-hybridized carbons (Fsp3) is 0.839. The summed E-state index contributed by atoms with van der Waals surface area (Å²) < 4.78 is 33.9. The highest BCUT2D eigenvalue weighted by Crippen LogP contribution is 2.40. The van der Waals surface area contributed by atoms with E-state index in [9.17, 15) is 80.1 Å². The molecule has 18 atom stereocenters. The summed E-state index contributed by atoms with van der Waals surface area (Å²) in [5, 5.41) is 118. The molecule has 3 heterocycles. The zero-order valence-corrected chi connectivity index (χ0v) is 30.6. The van der Waals surface area contributed by atoms with Crippen molar-refractivity contribution in [3.63, 3.8) is 0 Å². The standard InChI is InChI=1S/C31H51N3O22/c1-9(17(32)27(47)48)51-28-18(33-10(2)38)24(21(44)15(7-36)52-28)54-29-23(46)26(22(45)16(8-37)53-29)56-31(30(49)50)5-13(41)19(34(11(3)39)12(4)40)25(55-31)20(43)14(42)6-35/h9,13-26,28-29,35-37,41-46H,5-8,32H2,1-4H3,(H,33,38)(H,47,48)(H,49,50)/t9-,13+,14-,15-,16-,17+,18-,19-,20-,21+,22+,23-,24-,25-,26+,28?,29?,31+/m1/s1. The van der Waals surface area contributed by atoms with Gasteiger partial charge in [-0.2, -0.15) is 0 Å². The van der Waals surface area contributed by atoms with Crippen LogP contribution in [0, 0.1) is 0 Å².